The van der Waals surface area contributed by atoms with Gasteiger partial charge in [-0.25, -0.2) is 0 Å². The molecule has 3 rings (SSSR count). The fraction of sp³-hybridized carbons (Fsp3) is 0.235. The Morgan fingerprint density at radius 3 is 2.59 bits per heavy atom. The minimum atomic E-state index is -0.642. The van der Waals surface area contributed by atoms with Gasteiger partial charge in [-0.15, -0.1) is 0 Å². The zero-order valence-electron chi connectivity index (χ0n) is 12.2. The minimum absolute atomic E-state index is 0.137. The van der Waals surface area contributed by atoms with Crippen LogP contribution in [-0.2, 0) is 11.3 Å². The Bertz CT molecular complexity index is 669. The van der Waals surface area contributed by atoms with Crippen LogP contribution in [0.5, 0.6) is 17.2 Å². The fourth-order valence-corrected chi connectivity index (χ4v) is 2.34. The first kappa shape index (κ1) is 14.3. The van der Waals surface area contributed by atoms with Crippen molar-refractivity contribution in [3.8, 4) is 17.2 Å². The molecule has 0 aromatic heterocycles. The smallest absolute Gasteiger partial charge is 0.267 e. The van der Waals surface area contributed by atoms with Crippen LogP contribution in [0, 0.1) is 0 Å². The van der Waals surface area contributed by atoms with Crippen molar-refractivity contribution in [2.75, 3.05) is 13.7 Å². The number of rotatable bonds is 3. The van der Waals surface area contributed by atoms with Gasteiger partial charge in [-0.2, -0.15) is 0 Å². The third-order valence-corrected chi connectivity index (χ3v) is 3.52. The lowest BCUT2D eigenvalue weighted by molar-refractivity contribution is -0.140. The number of phenols is 1. The van der Waals surface area contributed by atoms with Gasteiger partial charge in [-0.1, -0.05) is 24.3 Å². The van der Waals surface area contributed by atoms with Crippen molar-refractivity contribution < 1.29 is 19.4 Å². The molecule has 0 bridgehead atoms. The third-order valence-electron chi connectivity index (χ3n) is 3.52. The molecule has 1 amide bonds. The molecule has 114 valence electrons. The molecular weight excluding hydrogens is 282 g/mol. The molecule has 22 heavy (non-hydrogen) atoms. The fourth-order valence-electron chi connectivity index (χ4n) is 2.34. The average Bonchev–Trinajstić information content (AvgIpc) is 2.55. The minimum Gasteiger partial charge on any atom is -0.508 e. The van der Waals surface area contributed by atoms with E-state index in [4.69, 9.17) is 9.47 Å². The Balaban J connectivity index is 1.65. The molecule has 1 N–H and O–H groups in total. The number of carbonyl (C=O) groups is 1. The van der Waals surface area contributed by atoms with Gasteiger partial charge < -0.3 is 19.5 Å². The summed E-state index contributed by atoms with van der Waals surface area (Å²) < 4.78 is 11.3. The quantitative estimate of drug-likeness (QED) is 0.944. The summed E-state index contributed by atoms with van der Waals surface area (Å²) >= 11 is 0. The van der Waals surface area contributed by atoms with Crippen LogP contribution in [0.25, 0.3) is 0 Å². The summed E-state index contributed by atoms with van der Waals surface area (Å²) in [5, 5.41) is 9.28. The van der Waals surface area contributed by atoms with E-state index < -0.39 is 6.10 Å². The number of amides is 1. The van der Waals surface area contributed by atoms with Crippen molar-refractivity contribution in [1.29, 1.82) is 0 Å². The van der Waals surface area contributed by atoms with Crippen LogP contribution < -0.4 is 9.47 Å². The molecule has 5 heteroatoms. The number of phenolic OH excluding ortho intramolecular Hbond substituents is 1. The first-order valence-corrected chi connectivity index (χ1v) is 7.05. The van der Waals surface area contributed by atoms with E-state index in [1.54, 1.807) is 42.3 Å². The molecule has 0 spiro atoms. The Morgan fingerprint density at radius 1 is 1.18 bits per heavy atom. The van der Waals surface area contributed by atoms with Crippen LogP contribution in [0.2, 0.25) is 0 Å². The number of ether oxygens (including phenoxy) is 2. The normalized spacial score (nSPS) is 16.1. The second kappa shape index (κ2) is 5.97. The molecular formula is C17H17NO4. The number of benzene rings is 2. The number of hydrogen-bond donors (Lipinski definition) is 1. The lowest BCUT2D eigenvalue weighted by Crippen LogP contribution is -2.44. The van der Waals surface area contributed by atoms with Gasteiger partial charge in [0.25, 0.3) is 5.91 Å². The number of nitrogens with zero attached hydrogens (tertiary/aromatic N) is 1. The van der Waals surface area contributed by atoms with E-state index >= 15 is 0 Å². The van der Waals surface area contributed by atoms with E-state index in [1.807, 2.05) is 18.2 Å². The Labute approximate surface area is 128 Å². The lowest BCUT2D eigenvalue weighted by atomic mass is 10.2. The molecule has 1 unspecified atom stereocenters. The van der Waals surface area contributed by atoms with Crippen molar-refractivity contribution in [2.45, 2.75) is 12.6 Å². The monoisotopic (exact) mass is 299 g/mol. The number of para-hydroxylation sites is 2. The molecule has 0 fully saturated rings. The predicted octanol–water partition coefficient (Wildman–Crippen LogP) is 2.19. The molecule has 0 saturated heterocycles. The lowest BCUT2D eigenvalue weighted by Gasteiger charge is -2.28. The molecule has 0 radical (unpaired) electrons. The number of aromatic hydroxyl groups is 1. The van der Waals surface area contributed by atoms with Gasteiger partial charge in [-0.05, 0) is 29.8 Å². The molecule has 0 aliphatic carbocycles. The van der Waals surface area contributed by atoms with E-state index in [1.165, 1.54) is 0 Å². The molecule has 2 aromatic carbocycles. The zero-order valence-corrected chi connectivity index (χ0v) is 12.2. The van der Waals surface area contributed by atoms with Gasteiger partial charge in [-0.3, -0.25) is 4.79 Å². The predicted molar refractivity (Wildman–Crippen MR) is 80.9 cm³/mol. The number of likely N-dealkylation sites (N-methyl/N-ethyl adjacent to an activating group) is 1. The van der Waals surface area contributed by atoms with Gasteiger partial charge in [0.15, 0.2) is 11.5 Å². The van der Waals surface area contributed by atoms with E-state index in [-0.39, 0.29) is 18.3 Å². The van der Waals surface area contributed by atoms with Gasteiger partial charge in [0.1, 0.15) is 12.4 Å². The van der Waals surface area contributed by atoms with Gasteiger partial charge >= 0.3 is 0 Å². The summed E-state index contributed by atoms with van der Waals surface area (Å²) in [6.07, 6.45) is -0.642. The average molecular weight is 299 g/mol. The van der Waals surface area contributed by atoms with Crippen LogP contribution in [0.4, 0.5) is 0 Å². The van der Waals surface area contributed by atoms with E-state index in [9.17, 15) is 9.90 Å². The summed E-state index contributed by atoms with van der Waals surface area (Å²) in [6, 6.07) is 14.1. The van der Waals surface area contributed by atoms with Crippen LogP contribution in [0.1, 0.15) is 5.56 Å². The van der Waals surface area contributed by atoms with E-state index in [2.05, 4.69) is 0 Å². The SMILES string of the molecule is CN(Cc1ccc(O)cc1)C(=O)C1COc2ccccc2O1. The highest BCUT2D eigenvalue weighted by atomic mass is 16.6. The second-order valence-electron chi connectivity index (χ2n) is 5.22. The number of carbonyl (C=O) groups excluding carboxylic acids is 1. The summed E-state index contributed by atoms with van der Waals surface area (Å²) in [7, 11) is 1.72. The standard InChI is InChI=1S/C17H17NO4/c1-18(10-12-6-8-13(19)9-7-12)17(20)16-11-21-14-4-2-3-5-15(14)22-16/h2-9,16,19H,10-11H2,1H3. The highest BCUT2D eigenvalue weighted by Gasteiger charge is 2.29. The first-order chi connectivity index (χ1) is 10.6. The maximum absolute atomic E-state index is 12.5. The molecule has 2 aromatic rings. The van der Waals surface area contributed by atoms with Gasteiger partial charge in [0.2, 0.25) is 6.10 Å². The van der Waals surface area contributed by atoms with Crippen molar-refractivity contribution in [3.63, 3.8) is 0 Å². The second-order valence-corrected chi connectivity index (χ2v) is 5.22. The molecule has 1 heterocycles. The Kier molecular flexibility index (Phi) is 3.87. The van der Waals surface area contributed by atoms with Crippen molar-refractivity contribution in [1.82, 2.24) is 4.90 Å². The molecule has 1 atom stereocenters. The zero-order chi connectivity index (χ0) is 15.5. The first-order valence-electron chi connectivity index (χ1n) is 7.05. The molecule has 0 saturated carbocycles. The van der Waals surface area contributed by atoms with Gasteiger partial charge in [0.05, 0.1) is 0 Å². The summed E-state index contributed by atoms with van der Waals surface area (Å²) in [4.78, 5) is 14.0. The number of hydrogen-bond acceptors (Lipinski definition) is 4. The van der Waals surface area contributed by atoms with Crippen molar-refractivity contribution in [2.24, 2.45) is 0 Å². The van der Waals surface area contributed by atoms with E-state index in [0.29, 0.717) is 18.0 Å². The summed E-state index contributed by atoms with van der Waals surface area (Å²) in [5.41, 5.74) is 0.936. The third kappa shape index (κ3) is 2.98. The topological polar surface area (TPSA) is 59.0 Å². The maximum Gasteiger partial charge on any atom is 0.267 e. The van der Waals surface area contributed by atoms with E-state index in [0.717, 1.165) is 5.56 Å². The largest absolute Gasteiger partial charge is 0.508 e. The van der Waals surface area contributed by atoms with Crippen LogP contribution in [0.3, 0.4) is 0 Å². The van der Waals surface area contributed by atoms with Crippen LogP contribution in [-0.4, -0.2) is 35.7 Å². The highest BCUT2D eigenvalue weighted by molar-refractivity contribution is 5.81. The molecule has 1 aliphatic heterocycles. The summed E-state index contributed by atoms with van der Waals surface area (Å²) in [5.74, 6) is 1.32. The van der Waals surface area contributed by atoms with Crippen LogP contribution in [0.15, 0.2) is 48.5 Å². The molecule has 1 aliphatic rings. The number of fused-ring (bicyclic) bond motifs is 1. The van der Waals surface area contributed by atoms with Crippen molar-refractivity contribution >= 4 is 5.91 Å². The maximum atomic E-state index is 12.5. The molecule has 5 nitrogen and oxygen atoms in total. The van der Waals surface area contributed by atoms with Crippen molar-refractivity contribution in [3.05, 3.63) is 54.1 Å². The Hall–Kier alpha value is -2.69. The summed E-state index contributed by atoms with van der Waals surface area (Å²) in [6.45, 7) is 0.649. The highest BCUT2D eigenvalue weighted by Crippen LogP contribution is 2.31. The van der Waals surface area contributed by atoms with Crippen LogP contribution >= 0.6 is 0 Å². The van der Waals surface area contributed by atoms with Gasteiger partial charge in [0, 0.05) is 13.6 Å². The Morgan fingerprint density at radius 2 is 1.86 bits per heavy atom.